The number of nitrogens with one attached hydrogen (secondary N) is 1. The van der Waals surface area contributed by atoms with Crippen molar-refractivity contribution in [3.8, 4) is 0 Å². The van der Waals surface area contributed by atoms with Crippen molar-refractivity contribution in [2.45, 2.75) is 26.5 Å². The van der Waals surface area contributed by atoms with Crippen LogP contribution in [0.3, 0.4) is 0 Å². The molecule has 8 nitrogen and oxygen atoms in total. The van der Waals surface area contributed by atoms with E-state index in [9.17, 15) is 9.90 Å². The first-order chi connectivity index (χ1) is 14.9. The summed E-state index contributed by atoms with van der Waals surface area (Å²) < 4.78 is 11.0. The van der Waals surface area contributed by atoms with E-state index in [1.54, 1.807) is 24.3 Å². The van der Waals surface area contributed by atoms with Crippen LogP contribution >= 0.6 is 11.6 Å². The zero-order chi connectivity index (χ0) is 22.2. The number of anilines is 1. The fourth-order valence-electron chi connectivity index (χ4n) is 3.33. The molecule has 1 aliphatic rings. The van der Waals surface area contributed by atoms with Gasteiger partial charge in [-0.3, -0.25) is 14.6 Å². The molecule has 2 N–H and O–H groups in total. The fraction of sp³-hybridized carbons (Fsp3) is 0.545. The number of benzene rings is 1. The molecule has 2 aromatic rings. The van der Waals surface area contributed by atoms with Crippen molar-refractivity contribution in [1.82, 2.24) is 14.8 Å². The van der Waals surface area contributed by atoms with Gasteiger partial charge in [0.15, 0.2) is 5.69 Å². The van der Waals surface area contributed by atoms with Gasteiger partial charge in [-0.05, 0) is 30.2 Å². The lowest BCUT2D eigenvalue weighted by atomic mass is 10.2. The molecule has 0 aliphatic carbocycles. The van der Waals surface area contributed by atoms with Crippen molar-refractivity contribution in [3.63, 3.8) is 0 Å². The van der Waals surface area contributed by atoms with Crippen LogP contribution in [0.25, 0.3) is 0 Å². The van der Waals surface area contributed by atoms with E-state index in [2.05, 4.69) is 33.9 Å². The molecule has 0 bridgehead atoms. The second-order valence-electron chi connectivity index (χ2n) is 8.25. The lowest BCUT2D eigenvalue weighted by Crippen LogP contribution is -2.48. The van der Waals surface area contributed by atoms with E-state index in [-0.39, 0.29) is 11.6 Å². The minimum atomic E-state index is -0.473. The van der Waals surface area contributed by atoms with Gasteiger partial charge >= 0.3 is 0 Å². The third-order valence-corrected chi connectivity index (χ3v) is 5.19. The number of halogens is 1. The Bertz CT molecular complexity index is 819. The predicted octanol–water partition coefficient (Wildman–Crippen LogP) is 2.73. The van der Waals surface area contributed by atoms with Gasteiger partial charge in [0.1, 0.15) is 6.26 Å². The summed E-state index contributed by atoms with van der Waals surface area (Å²) >= 11 is 5.86. The minimum Gasteiger partial charge on any atom is -0.447 e. The Hall–Kier alpha value is -1.97. The van der Waals surface area contributed by atoms with Gasteiger partial charge in [0, 0.05) is 50.0 Å². The van der Waals surface area contributed by atoms with E-state index >= 15 is 0 Å². The smallest absolute Gasteiger partial charge is 0.277 e. The third-order valence-electron chi connectivity index (χ3n) is 4.94. The fourth-order valence-corrected chi connectivity index (χ4v) is 3.45. The number of aromatic nitrogens is 1. The molecular weight excluding hydrogens is 420 g/mol. The quantitative estimate of drug-likeness (QED) is 0.575. The zero-order valence-corrected chi connectivity index (χ0v) is 18.8. The van der Waals surface area contributed by atoms with Crippen LogP contribution in [0.2, 0.25) is 5.02 Å². The largest absolute Gasteiger partial charge is 0.447 e. The highest BCUT2D eigenvalue weighted by Crippen LogP contribution is 2.15. The average molecular weight is 451 g/mol. The van der Waals surface area contributed by atoms with E-state index < -0.39 is 6.10 Å². The number of carbonyl (C=O) groups is 1. The van der Waals surface area contributed by atoms with Crippen LogP contribution in [0, 0.1) is 5.92 Å². The van der Waals surface area contributed by atoms with Gasteiger partial charge in [0.2, 0.25) is 5.89 Å². The van der Waals surface area contributed by atoms with Crippen molar-refractivity contribution in [2.24, 2.45) is 5.92 Å². The number of nitrogens with zero attached hydrogens (tertiary/aromatic N) is 3. The summed E-state index contributed by atoms with van der Waals surface area (Å²) in [6, 6.07) is 6.88. The average Bonchev–Trinajstić information content (AvgIpc) is 3.19. The SMILES string of the molecule is CC(C)COC[C@@H](O)CN1CCN(Cc2nc(C(=O)Nc3ccc(Cl)cc3)co2)CC1. The summed E-state index contributed by atoms with van der Waals surface area (Å²) in [7, 11) is 0. The highest BCUT2D eigenvalue weighted by atomic mass is 35.5. The second kappa shape index (κ2) is 11.6. The molecule has 1 amide bonds. The molecule has 9 heteroatoms. The molecule has 1 aliphatic heterocycles. The van der Waals surface area contributed by atoms with Gasteiger partial charge in [-0.2, -0.15) is 0 Å². The van der Waals surface area contributed by atoms with Crippen LogP contribution in [-0.4, -0.2) is 77.8 Å². The van der Waals surface area contributed by atoms with Crippen molar-refractivity contribution in [1.29, 1.82) is 0 Å². The lowest BCUT2D eigenvalue weighted by Gasteiger charge is -2.34. The first-order valence-corrected chi connectivity index (χ1v) is 11.0. The Morgan fingerprint density at radius 3 is 2.55 bits per heavy atom. The van der Waals surface area contributed by atoms with Gasteiger partial charge in [0.05, 0.1) is 19.3 Å². The number of piperazine rings is 1. The molecule has 170 valence electrons. The van der Waals surface area contributed by atoms with Crippen LogP contribution in [0.4, 0.5) is 5.69 Å². The predicted molar refractivity (Wildman–Crippen MR) is 119 cm³/mol. The van der Waals surface area contributed by atoms with Crippen LogP contribution in [0.15, 0.2) is 34.9 Å². The molecule has 0 radical (unpaired) electrons. The number of hydrogen-bond acceptors (Lipinski definition) is 7. The first-order valence-electron chi connectivity index (χ1n) is 10.6. The lowest BCUT2D eigenvalue weighted by molar-refractivity contribution is -0.000850. The third kappa shape index (κ3) is 7.90. The summed E-state index contributed by atoms with van der Waals surface area (Å²) in [5, 5.41) is 13.5. The van der Waals surface area contributed by atoms with Crippen LogP contribution in [0.1, 0.15) is 30.2 Å². The molecule has 31 heavy (non-hydrogen) atoms. The van der Waals surface area contributed by atoms with Gasteiger partial charge in [-0.25, -0.2) is 4.98 Å². The Morgan fingerprint density at radius 1 is 1.19 bits per heavy atom. The second-order valence-corrected chi connectivity index (χ2v) is 8.69. The number of rotatable bonds is 10. The van der Waals surface area contributed by atoms with Gasteiger partial charge in [-0.1, -0.05) is 25.4 Å². The Balaban J connectivity index is 1.39. The molecule has 1 aromatic carbocycles. The monoisotopic (exact) mass is 450 g/mol. The Kier molecular flexibility index (Phi) is 8.86. The maximum atomic E-state index is 12.3. The summed E-state index contributed by atoms with van der Waals surface area (Å²) in [5.41, 5.74) is 0.889. The maximum Gasteiger partial charge on any atom is 0.277 e. The van der Waals surface area contributed by atoms with Gasteiger partial charge < -0.3 is 19.6 Å². The number of β-amino-alcohol motifs (C(OH)–C–C–N with tert-alkyl or cyclic N) is 1. The van der Waals surface area contributed by atoms with Crippen molar-refractivity contribution in [3.05, 3.63) is 47.1 Å². The Labute approximate surface area is 188 Å². The topological polar surface area (TPSA) is 91.1 Å². The number of oxazole rings is 1. The van der Waals surface area contributed by atoms with E-state index in [0.29, 0.717) is 48.8 Å². The molecule has 1 saturated heterocycles. The number of amides is 1. The normalized spacial score (nSPS) is 16.5. The highest BCUT2D eigenvalue weighted by molar-refractivity contribution is 6.30. The van der Waals surface area contributed by atoms with Gasteiger partial charge in [-0.15, -0.1) is 0 Å². The molecule has 1 fully saturated rings. The zero-order valence-electron chi connectivity index (χ0n) is 18.1. The van der Waals surface area contributed by atoms with Crippen molar-refractivity contribution < 1.29 is 19.1 Å². The number of aliphatic hydroxyl groups excluding tert-OH is 1. The number of carbonyl (C=O) groups excluding carboxylic acids is 1. The molecule has 2 heterocycles. The molecule has 0 saturated carbocycles. The van der Waals surface area contributed by atoms with Crippen molar-refractivity contribution in [2.75, 3.05) is 51.3 Å². The van der Waals surface area contributed by atoms with Crippen molar-refractivity contribution >= 4 is 23.2 Å². The van der Waals surface area contributed by atoms with Crippen LogP contribution < -0.4 is 5.32 Å². The van der Waals surface area contributed by atoms with Gasteiger partial charge in [0.25, 0.3) is 5.91 Å². The summed E-state index contributed by atoms with van der Waals surface area (Å²) in [6.45, 7) is 9.77. The molecule has 1 aromatic heterocycles. The Morgan fingerprint density at radius 2 is 1.87 bits per heavy atom. The molecule has 0 unspecified atom stereocenters. The molecule has 0 spiro atoms. The van der Waals surface area contributed by atoms with E-state index in [1.165, 1.54) is 6.26 Å². The summed E-state index contributed by atoms with van der Waals surface area (Å²) in [5.74, 6) is 0.655. The maximum absolute atomic E-state index is 12.3. The minimum absolute atomic E-state index is 0.244. The molecular formula is C22H31ClN4O4. The highest BCUT2D eigenvalue weighted by Gasteiger charge is 2.21. The summed E-state index contributed by atoms with van der Waals surface area (Å²) in [4.78, 5) is 21.1. The van der Waals surface area contributed by atoms with Crippen LogP contribution in [-0.2, 0) is 11.3 Å². The number of hydrogen-bond donors (Lipinski definition) is 2. The van der Waals surface area contributed by atoms with E-state index in [1.807, 2.05) is 0 Å². The standard InChI is InChI=1S/C22H31ClN4O4/c1-16(2)13-30-14-19(28)11-26-7-9-27(10-8-26)12-21-25-20(15-31-21)22(29)24-18-5-3-17(23)4-6-18/h3-6,15-16,19,28H,7-14H2,1-2H3,(H,24,29)/t19-/m0/s1. The number of aliphatic hydroxyl groups is 1. The first kappa shape index (κ1) is 23.7. The van der Waals surface area contributed by atoms with E-state index in [0.717, 1.165) is 26.2 Å². The summed E-state index contributed by atoms with van der Waals surface area (Å²) in [6.07, 6.45) is 0.906. The van der Waals surface area contributed by atoms with Crippen LogP contribution in [0.5, 0.6) is 0 Å². The molecule has 3 rings (SSSR count). The molecule has 1 atom stereocenters. The van der Waals surface area contributed by atoms with E-state index in [4.69, 9.17) is 20.8 Å². The number of ether oxygens (including phenoxy) is 1.